The van der Waals surface area contributed by atoms with Crippen molar-refractivity contribution in [2.75, 3.05) is 0 Å². The maximum atomic E-state index is 12.8. The molecule has 1 N–H and O–H groups in total. The molecule has 0 aromatic heterocycles. The van der Waals surface area contributed by atoms with Gasteiger partial charge < -0.3 is 10.1 Å². The molecule has 1 aromatic carbocycles. The number of Topliss-reactive ketones (excluding diaryl/α,β-unsaturated/α-hetero) is 1. The lowest BCUT2D eigenvalue weighted by atomic mass is 9.44. The van der Waals surface area contributed by atoms with Crippen molar-refractivity contribution in [1.82, 2.24) is 5.32 Å². The fraction of sp³-hybridized carbons (Fsp3) is 0.652. The largest absolute Gasteiger partial charge is 0.486 e. The molecule has 4 heteroatoms. The van der Waals surface area contributed by atoms with Gasteiger partial charge >= 0.3 is 0 Å². The summed E-state index contributed by atoms with van der Waals surface area (Å²) in [5, 5.41) is 2.95. The molecule has 4 nitrogen and oxygen atoms in total. The van der Waals surface area contributed by atoms with Crippen molar-refractivity contribution >= 4 is 11.7 Å². The van der Waals surface area contributed by atoms with Crippen molar-refractivity contribution < 1.29 is 14.3 Å². The highest BCUT2D eigenvalue weighted by Crippen LogP contribution is 2.65. The predicted molar refractivity (Wildman–Crippen MR) is 103 cm³/mol. The molecule has 2 aliphatic carbocycles. The Morgan fingerprint density at radius 2 is 1.93 bits per heavy atom. The van der Waals surface area contributed by atoms with Gasteiger partial charge in [0, 0.05) is 40.8 Å². The summed E-state index contributed by atoms with van der Waals surface area (Å²) in [4.78, 5) is 25.0. The molecule has 1 spiro atoms. The van der Waals surface area contributed by atoms with Crippen molar-refractivity contribution in [3.63, 3.8) is 0 Å². The SMILES string of the molecule is C[C@H]1CC[C@H]2C(C)(C)C(=O)CC[C@]23Oc2c(ccc4c2CNC4=O)C[C@]13C. The van der Waals surface area contributed by atoms with E-state index in [9.17, 15) is 9.59 Å². The predicted octanol–water partition coefficient (Wildman–Crippen LogP) is 4.05. The molecule has 0 saturated heterocycles. The number of carbonyl (C=O) groups is 2. The van der Waals surface area contributed by atoms with E-state index in [0.29, 0.717) is 24.7 Å². The fourth-order valence-corrected chi connectivity index (χ4v) is 6.74. The number of nitrogens with one attached hydrogen (secondary N) is 1. The van der Waals surface area contributed by atoms with Crippen LogP contribution < -0.4 is 10.1 Å². The van der Waals surface area contributed by atoms with Gasteiger partial charge in [-0.2, -0.15) is 0 Å². The average molecular weight is 367 g/mol. The standard InChI is InChI=1S/C23H29NO3/c1-13-5-8-17-21(2,3)18(25)9-10-23(17)22(13,4)11-14-6-7-15-16(19(14)27-23)12-24-20(15)26/h6-7,13,17H,5,8-12H2,1-4H3,(H,24,26)/t13-,17-,22+,23-/m0/s1. The highest BCUT2D eigenvalue weighted by Gasteiger charge is 2.67. The van der Waals surface area contributed by atoms with E-state index >= 15 is 0 Å². The van der Waals surface area contributed by atoms with Crippen LogP contribution in [-0.4, -0.2) is 17.3 Å². The smallest absolute Gasteiger partial charge is 0.252 e. The second-order valence-electron chi connectivity index (χ2n) is 10.0. The van der Waals surface area contributed by atoms with Crippen molar-refractivity contribution in [1.29, 1.82) is 0 Å². The molecule has 1 amide bonds. The van der Waals surface area contributed by atoms with Gasteiger partial charge in [0.1, 0.15) is 17.1 Å². The number of benzene rings is 1. The number of hydrogen-bond donors (Lipinski definition) is 1. The fourth-order valence-electron chi connectivity index (χ4n) is 6.74. The van der Waals surface area contributed by atoms with Gasteiger partial charge in [0.05, 0.1) is 0 Å². The minimum atomic E-state index is -0.358. The van der Waals surface area contributed by atoms with Gasteiger partial charge in [-0.15, -0.1) is 0 Å². The summed E-state index contributed by atoms with van der Waals surface area (Å²) in [6.07, 6.45) is 4.53. The third-order valence-corrected chi connectivity index (χ3v) is 8.67. The normalized spacial score (nSPS) is 38.8. The van der Waals surface area contributed by atoms with Gasteiger partial charge in [0.2, 0.25) is 0 Å². The second kappa shape index (κ2) is 5.15. The Bertz CT molecular complexity index is 873. The number of amides is 1. The Morgan fingerprint density at radius 3 is 2.70 bits per heavy atom. The highest BCUT2D eigenvalue weighted by atomic mass is 16.5. The lowest BCUT2D eigenvalue weighted by molar-refractivity contribution is -0.208. The van der Waals surface area contributed by atoms with E-state index in [2.05, 4.69) is 39.1 Å². The summed E-state index contributed by atoms with van der Waals surface area (Å²) < 4.78 is 7.03. The Hall–Kier alpha value is -1.84. The Morgan fingerprint density at radius 1 is 1.15 bits per heavy atom. The molecule has 5 rings (SSSR count). The molecule has 0 radical (unpaired) electrons. The van der Waals surface area contributed by atoms with Crippen LogP contribution in [-0.2, 0) is 17.8 Å². The summed E-state index contributed by atoms with van der Waals surface area (Å²) >= 11 is 0. The third kappa shape index (κ3) is 1.94. The van der Waals surface area contributed by atoms with Crippen LogP contribution >= 0.6 is 0 Å². The lowest BCUT2D eigenvalue weighted by Crippen LogP contribution is -2.69. The molecule has 27 heavy (non-hydrogen) atoms. The Kier molecular flexibility index (Phi) is 3.29. The topological polar surface area (TPSA) is 55.4 Å². The van der Waals surface area contributed by atoms with Crippen molar-refractivity contribution in [3.05, 3.63) is 28.8 Å². The average Bonchev–Trinajstić information content (AvgIpc) is 3.00. The van der Waals surface area contributed by atoms with Crippen LogP contribution in [0.3, 0.4) is 0 Å². The lowest BCUT2D eigenvalue weighted by Gasteiger charge is -2.65. The first kappa shape index (κ1) is 17.3. The molecular weight excluding hydrogens is 338 g/mol. The van der Waals surface area contributed by atoms with E-state index in [0.717, 1.165) is 42.6 Å². The van der Waals surface area contributed by atoms with E-state index in [1.807, 2.05) is 6.07 Å². The highest BCUT2D eigenvalue weighted by molar-refractivity contribution is 5.99. The molecule has 2 fully saturated rings. The quantitative estimate of drug-likeness (QED) is 0.753. The molecule has 2 aliphatic heterocycles. The summed E-state index contributed by atoms with van der Waals surface area (Å²) in [5.41, 5.74) is 2.31. The number of rotatable bonds is 0. The zero-order chi connectivity index (χ0) is 19.2. The molecule has 2 heterocycles. The van der Waals surface area contributed by atoms with Crippen LogP contribution in [0.15, 0.2) is 12.1 Å². The zero-order valence-corrected chi connectivity index (χ0v) is 16.8. The number of fused-ring (bicyclic) bond motifs is 3. The van der Waals surface area contributed by atoms with Crippen LogP contribution in [0.1, 0.15) is 74.9 Å². The molecule has 4 atom stereocenters. The number of ether oxygens (including phenoxy) is 1. The Balaban J connectivity index is 1.71. The van der Waals surface area contributed by atoms with E-state index < -0.39 is 0 Å². The summed E-state index contributed by atoms with van der Waals surface area (Å²) in [6, 6.07) is 4.05. The molecule has 2 saturated carbocycles. The summed E-state index contributed by atoms with van der Waals surface area (Å²) in [6.45, 7) is 9.53. The first-order chi connectivity index (χ1) is 12.7. The van der Waals surface area contributed by atoms with Gasteiger partial charge in [-0.1, -0.05) is 33.8 Å². The number of hydrogen-bond acceptors (Lipinski definition) is 3. The van der Waals surface area contributed by atoms with E-state index in [-0.39, 0.29) is 28.3 Å². The monoisotopic (exact) mass is 367 g/mol. The molecule has 4 aliphatic rings. The molecule has 144 valence electrons. The minimum Gasteiger partial charge on any atom is -0.486 e. The molecule has 0 bridgehead atoms. The molecular formula is C23H29NO3. The molecule has 0 unspecified atom stereocenters. The van der Waals surface area contributed by atoms with E-state index in [1.54, 1.807) is 0 Å². The van der Waals surface area contributed by atoms with E-state index in [4.69, 9.17) is 4.74 Å². The summed E-state index contributed by atoms with van der Waals surface area (Å²) in [5.74, 6) is 2.06. The third-order valence-electron chi connectivity index (χ3n) is 8.67. The van der Waals surface area contributed by atoms with Crippen LogP contribution in [0.2, 0.25) is 0 Å². The van der Waals surface area contributed by atoms with Crippen molar-refractivity contribution in [2.45, 2.75) is 71.9 Å². The molecule has 1 aromatic rings. The van der Waals surface area contributed by atoms with E-state index in [1.165, 1.54) is 5.56 Å². The number of ketones is 1. The minimum absolute atomic E-state index is 0.00468. The van der Waals surface area contributed by atoms with Gasteiger partial charge in [0.15, 0.2) is 0 Å². The number of carbonyl (C=O) groups excluding carboxylic acids is 2. The summed E-state index contributed by atoms with van der Waals surface area (Å²) in [7, 11) is 0. The van der Waals surface area contributed by atoms with Crippen LogP contribution in [0.25, 0.3) is 0 Å². The van der Waals surface area contributed by atoms with Crippen LogP contribution in [0.5, 0.6) is 5.75 Å². The first-order valence-electron chi connectivity index (χ1n) is 10.4. The Labute approximate surface area is 161 Å². The first-order valence-corrected chi connectivity index (χ1v) is 10.4. The van der Waals surface area contributed by atoms with Gasteiger partial charge in [-0.05, 0) is 43.2 Å². The van der Waals surface area contributed by atoms with Crippen molar-refractivity contribution in [3.8, 4) is 5.75 Å². The maximum Gasteiger partial charge on any atom is 0.252 e. The van der Waals surface area contributed by atoms with Gasteiger partial charge in [-0.25, -0.2) is 0 Å². The van der Waals surface area contributed by atoms with Gasteiger partial charge in [0.25, 0.3) is 5.91 Å². The second-order valence-corrected chi connectivity index (χ2v) is 10.0. The van der Waals surface area contributed by atoms with Crippen LogP contribution in [0.4, 0.5) is 0 Å². The van der Waals surface area contributed by atoms with Crippen molar-refractivity contribution in [2.24, 2.45) is 22.7 Å². The zero-order valence-electron chi connectivity index (χ0n) is 16.8. The van der Waals surface area contributed by atoms with Crippen LogP contribution in [0, 0.1) is 22.7 Å². The van der Waals surface area contributed by atoms with Gasteiger partial charge in [-0.3, -0.25) is 9.59 Å². The maximum absolute atomic E-state index is 12.8.